The predicted octanol–water partition coefficient (Wildman–Crippen LogP) is 3.93. The largest absolute Gasteiger partial charge is 0.443 e. The zero-order valence-electron chi connectivity index (χ0n) is 11.3. The highest BCUT2D eigenvalue weighted by molar-refractivity contribution is 5.91. The molecule has 1 aromatic carbocycles. The van der Waals surface area contributed by atoms with Crippen molar-refractivity contribution in [2.75, 3.05) is 11.4 Å². The van der Waals surface area contributed by atoms with Gasteiger partial charge in [0.2, 0.25) is 0 Å². The van der Waals surface area contributed by atoms with E-state index in [1.807, 2.05) is 26.8 Å². The lowest BCUT2D eigenvalue weighted by Gasteiger charge is -2.24. The average Bonchev–Trinajstić information content (AvgIpc) is 2.72. The van der Waals surface area contributed by atoms with Gasteiger partial charge in [0.25, 0.3) is 0 Å². The Labute approximate surface area is 111 Å². The fourth-order valence-corrected chi connectivity index (χ4v) is 2.06. The highest BCUT2D eigenvalue weighted by Gasteiger charge is 2.29. The summed E-state index contributed by atoms with van der Waals surface area (Å²) in [5.74, 6) is 0. The highest BCUT2D eigenvalue weighted by atomic mass is 16.6. The zero-order valence-corrected chi connectivity index (χ0v) is 11.3. The molecule has 1 aliphatic heterocycles. The van der Waals surface area contributed by atoms with Crippen LogP contribution in [-0.4, -0.2) is 18.2 Å². The van der Waals surface area contributed by atoms with E-state index >= 15 is 0 Å². The fourth-order valence-electron chi connectivity index (χ4n) is 2.06. The molecule has 19 heavy (non-hydrogen) atoms. The van der Waals surface area contributed by atoms with Crippen molar-refractivity contribution in [3.8, 4) is 0 Å². The molecule has 0 aromatic heterocycles. The van der Waals surface area contributed by atoms with Gasteiger partial charge in [-0.3, -0.25) is 4.90 Å². The van der Waals surface area contributed by atoms with Gasteiger partial charge in [0.15, 0.2) is 0 Å². The number of amides is 1. The molecule has 6 nitrogen and oxygen atoms in total. The van der Waals surface area contributed by atoms with Crippen LogP contribution in [0.1, 0.15) is 26.3 Å². The number of anilines is 1. The van der Waals surface area contributed by atoms with Crippen molar-refractivity contribution in [1.82, 2.24) is 0 Å². The smallest absolute Gasteiger partial charge is 0.414 e. The number of carbonyl (C=O) groups is 1. The lowest BCUT2D eigenvalue weighted by molar-refractivity contribution is 0.0584. The minimum Gasteiger partial charge on any atom is -0.443 e. The molecule has 1 aliphatic rings. The van der Waals surface area contributed by atoms with Gasteiger partial charge in [0, 0.05) is 17.1 Å². The highest BCUT2D eigenvalue weighted by Crippen LogP contribution is 2.35. The number of carbonyl (C=O) groups excluding carboxylic acids is 1. The molecule has 2 rings (SSSR count). The van der Waals surface area contributed by atoms with E-state index in [1.54, 1.807) is 17.0 Å². The van der Waals surface area contributed by atoms with Crippen molar-refractivity contribution in [2.24, 2.45) is 5.11 Å². The first-order valence-electron chi connectivity index (χ1n) is 6.10. The molecule has 0 unspecified atom stereocenters. The first-order valence-corrected chi connectivity index (χ1v) is 6.10. The number of rotatable bonds is 1. The number of hydrogen-bond acceptors (Lipinski definition) is 3. The molecular formula is C13H16N4O2. The van der Waals surface area contributed by atoms with Gasteiger partial charge in [-0.1, -0.05) is 17.2 Å². The number of hydrogen-bond donors (Lipinski definition) is 0. The minimum absolute atomic E-state index is 0.371. The predicted molar refractivity (Wildman–Crippen MR) is 72.5 cm³/mol. The maximum Gasteiger partial charge on any atom is 0.414 e. The summed E-state index contributed by atoms with van der Waals surface area (Å²) in [6, 6.07) is 5.35. The third-order valence-corrected chi connectivity index (χ3v) is 2.77. The van der Waals surface area contributed by atoms with Gasteiger partial charge >= 0.3 is 6.09 Å². The Morgan fingerprint density at radius 1 is 1.47 bits per heavy atom. The Bertz CT molecular complexity index is 556. The molecule has 0 atom stereocenters. The van der Waals surface area contributed by atoms with Crippen molar-refractivity contribution < 1.29 is 9.53 Å². The van der Waals surface area contributed by atoms with E-state index < -0.39 is 5.60 Å². The van der Waals surface area contributed by atoms with Gasteiger partial charge in [0.1, 0.15) is 5.60 Å². The van der Waals surface area contributed by atoms with Crippen molar-refractivity contribution in [2.45, 2.75) is 32.8 Å². The van der Waals surface area contributed by atoms with E-state index in [0.717, 1.165) is 11.3 Å². The SMILES string of the molecule is CC(C)(C)OC(=O)N1CCc2c(N=[N+]=[N-])cccc21. The zero-order chi connectivity index (χ0) is 14.0. The number of ether oxygens (including phenoxy) is 1. The van der Waals surface area contributed by atoms with E-state index in [9.17, 15) is 4.79 Å². The van der Waals surface area contributed by atoms with Gasteiger partial charge in [0.05, 0.1) is 5.69 Å². The average molecular weight is 260 g/mol. The second kappa shape index (κ2) is 4.82. The second-order valence-electron chi connectivity index (χ2n) is 5.35. The number of azide groups is 1. The number of nitrogens with zero attached hydrogens (tertiary/aromatic N) is 4. The summed E-state index contributed by atoms with van der Waals surface area (Å²) in [4.78, 5) is 16.5. The lowest BCUT2D eigenvalue weighted by Crippen LogP contribution is -2.35. The molecule has 1 heterocycles. The molecule has 1 amide bonds. The summed E-state index contributed by atoms with van der Waals surface area (Å²) in [6.07, 6.45) is 0.299. The molecule has 0 saturated heterocycles. The van der Waals surface area contributed by atoms with Crippen molar-refractivity contribution in [1.29, 1.82) is 0 Å². The normalized spacial score (nSPS) is 13.7. The molecule has 1 aromatic rings. The van der Waals surface area contributed by atoms with E-state index in [1.165, 1.54) is 0 Å². The van der Waals surface area contributed by atoms with Gasteiger partial charge < -0.3 is 4.74 Å². The van der Waals surface area contributed by atoms with Crippen LogP contribution < -0.4 is 4.90 Å². The van der Waals surface area contributed by atoms with Crippen LogP contribution in [-0.2, 0) is 11.2 Å². The summed E-state index contributed by atoms with van der Waals surface area (Å²) in [6.45, 7) is 6.04. The van der Waals surface area contributed by atoms with Crippen LogP contribution >= 0.6 is 0 Å². The third-order valence-electron chi connectivity index (χ3n) is 2.77. The molecule has 0 aliphatic carbocycles. The summed E-state index contributed by atoms with van der Waals surface area (Å²) >= 11 is 0. The molecule has 0 bridgehead atoms. The Morgan fingerprint density at radius 2 is 2.21 bits per heavy atom. The van der Waals surface area contributed by atoms with Crippen LogP contribution in [0.2, 0.25) is 0 Å². The lowest BCUT2D eigenvalue weighted by atomic mass is 10.1. The molecule has 0 N–H and O–H groups in total. The topological polar surface area (TPSA) is 78.3 Å². The van der Waals surface area contributed by atoms with E-state index in [2.05, 4.69) is 10.0 Å². The van der Waals surface area contributed by atoms with E-state index in [-0.39, 0.29) is 6.09 Å². The Kier molecular flexibility index (Phi) is 3.36. The Hall–Kier alpha value is -2.20. The van der Waals surface area contributed by atoms with Gasteiger partial charge in [-0.05, 0) is 44.4 Å². The first-order chi connectivity index (χ1) is 8.92. The van der Waals surface area contributed by atoms with Gasteiger partial charge in [-0.2, -0.15) is 0 Å². The molecular weight excluding hydrogens is 244 g/mol. The van der Waals surface area contributed by atoms with Gasteiger partial charge in [-0.25, -0.2) is 4.79 Å². The monoisotopic (exact) mass is 260 g/mol. The quantitative estimate of drug-likeness (QED) is 0.435. The molecule has 6 heteroatoms. The van der Waals surface area contributed by atoms with Crippen LogP contribution in [0.25, 0.3) is 10.4 Å². The summed E-state index contributed by atoms with van der Waals surface area (Å²) < 4.78 is 5.36. The van der Waals surface area contributed by atoms with Gasteiger partial charge in [-0.15, -0.1) is 0 Å². The minimum atomic E-state index is -0.526. The van der Waals surface area contributed by atoms with Crippen LogP contribution in [0.5, 0.6) is 0 Å². The number of fused-ring (bicyclic) bond motifs is 1. The molecule has 0 fully saturated rings. The summed E-state index contributed by atoms with van der Waals surface area (Å²) in [7, 11) is 0. The van der Waals surface area contributed by atoms with Crippen molar-refractivity contribution in [3.05, 3.63) is 34.2 Å². The summed E-state index contributed by atoms with van der Waals surface area (Å²) in [5.41, 5.74) is 10.2. The second-order valence-corrected chi connectivity index (χ2v) is 5.35. The van der Waals surface area contributed by atoms with Crippen molar-refractivity contribution >= 4 is 17.5 Å². The standard InChI is InChI=1S/C13H16N4O2/c1-13(2,3)19-12(18)17-8-7-9-10(15-16-14)5-4-6-11(9)17/h4-6H,7-8H2,1-3H3. The summed E-state index contributed by atoms with van der Waals surface area (Å²) in [5, 5.41) is 3.65. The molecule has 0 saturated carbocycles. The Morgan fingerprint density at radius 3 is 2.84 bits per heavy atom. The van der Waals surface area contributed by atoms with Crippen LogP contribution in [0.3, 0.4) is 0 Å². The van der Waals surface area contributed by atoms with Crippen LogP contribution in [0.15, 0.2) is 23.3 Å². The van der Waals surface area contributed by atoms with Crippen LogP contribution in [0.4, 0.5) is 16.2 Å². The first kappa shape index (κ1) is 13.2. The molecule has 100 valence electrons. The van der Waals surface area contributed by atoms with Crippen LogP contribution in [0, 0.1) is 0 Å². The van der Waals surface area contributed by atoms with E-state index in [0.29, 0.717) is 18.7 Å². The third kappa shape index (κ3) is 2.80. The maximum absolute atomic E-state index is 12.1. The molecule has 0 spiro atoms. The molecule has 0 radical (unpaired) electrons. The van der Waals surface area contributed by atoms with E-state index in [4.69, 9.17) is 10.3 Å². The maximum atomic E-state index is 12.1. The fraction of sp³-hybridized carbons (Fsp3) is 0.462. The van der Waals surface area contributed by atoms with Crippen molar-refractivity contribution in [3.63, 3.8) is 0 Å². The Balaban J connectivity index is 2.30. The number of benzene rings is 1.